The quantitative estimate of drug-likeness (QED) is 0.342. The highest BCUT2D eigenvalue weighted by molar-refractivity contribution is 5.98. The first-order chi connectivity index (χ1) is 12.6. The van der Waals surface area contributed by atoms with Crippen molar-refractivity contribution < 1.29 is 47.3 Å². The van der Waals surface area contributed by atoms with E-state index in [9.17, 15) is 24.0 Å². The van der Waals surface area contributed by atoms with Gasteiger partial charge in [-0.05, 0) is 12.1 Å². The normalized spacial score (nSPS) is 13.6. The molecule has 3 atom stereocenters. The molecule has 0 fully saturated rings. The second-order valence-electron chi connectivity index (χ2n) is 5.40. The lowest BCUT2D eigenvalue weighted by Crippen LogP contribution is -2.50. The van der Waals surface area contributed by atoms with Gasteiger partial charge in [-0.15, -0.1) is 0 Å². The monoisotopic (exact) mass is 384 g/mol. The molecule has 10 nitrogen and oxygen atoms in total. The largest absolute Gasteiger partial charge is 0.462 e. The number of carbonyl (C=O) groups excluding carboxylic acids is 5. The Morgan fingerprint density at radius 3 is 1.93 bits per heavy atom. The van der Waals surface area contributed by atoms with Crippen molar-refractivity contribution in [2.75, 3.05) is 6.61 Å². The number of esters is 4. The Hall–Kier alpha value is -3.17. The van der Waals surface area contributed by atoms with E-state index in [1.807, 2.05) is 0 Å². The van der Waals surface area contributed by atoms with E-state index in [0.717, 1.165) is 27.7 Å². The molecule has 10 heteroatoms. The second kappa shape index (κ2) is 10.1. The summed E-state index contributed by atoms with van der Waals surface area (Å²) in [7, 11) is 0. The molecule has 0 radical (unpaired) electrons. The number of furan rings is 1. The maximum Gasteiger partial charge on any atom is 0.303 e. The summed E-state index contributed by atoms with van der Waals surface area (Å²) in [5.74, 6) is -4.20. The molecule has 27 heavy (non-hydrogen) atoms. The molecule has 0 aliphatic carbocycles. The average molecular weight is 384 g/mol. The smallest absolute Gasteiger partial charge is 0.303 e. The van der Waals surface area contributed by atoms with Crippen LogP contribution in [0.4, 0.5) is 0 Å². The van der Waals surface area contributed by atoms with Crippen LogP contribution in [0.3, 0.4) is 0 Å². The average Bonchev–Trinajstić information content (AvgIpc) is 3.07. The summed E-state index contributed by atoms with van der Waals surface area (Å²) in [5.41, 5.74) is 0. The van der Waals surface area contributed by atoms with E-state index in [2.05, 4.69) is 0 Å². The van der Waals surface area contributed by atoms with Crippen molar-refractivity contribution in [3.05, 3.63) is 24.2 Å². The summed E-state index contributed by atoms with van der Waals surface area (Å²) in [6.07, 6.45) is -3.45. The van der Waals surface area contributed by atoms with Gasteiger partial charge in [0.15, 0.2) is 18.0 Å². The van der Waals surface area contributed by atoms with Gasteiger partial charge in [-0.3, -0.25) is 24.0 Å². The zero-order valence-corrected chi connectivity index (χ0v) is 15.3. The second-order valence-corrected chi connectivity index (χ2v) is 5.40. The number of Topliss-reactive ketones (excluding diaryl/α,β-unsaturated/α-hetero) is 1. The molecule has 0 N–H and O–H groups in total. The molecule has 1 heterocycles. The first kappa shape index (κ1) is 21.9. The maximum atomic E-state index is 12.7. The first-order valence-electron chi connectivity index (χ1n) is 7.84. The molecule has 0 spiro atoms. The molecule has 1 rings (SSSR count). The summed E-state index contributed by atoms with van der Waals surface area (Å²) in [5, 5.41) is 0. The predicted molar refractivity (Wildman–Crippen MR) is 86.3 cm³/mol. The topological polar surface area (TPSA) is 135 Å². The number of hydrogen-bond donors (Lipinski definition) is 0. The van der Waals surface area contributed by atoms with Crippen molar-refractivity contribution in [1.82, 2.24) is 0 Å². The zero-order chi connectivity index (χ0) is 20.6. The van der Waals surface area contributed by atoms with E-state index < -0.39 is 54.6 Å². The van der Waals surface area contributed by atoms with Crippen LogP contribution in [-0.2, 0) is 38.1 Å². The minimum absolute atomic E-state index is 0.174. The van der Waals surface area contributed by atoms with Crippen LogP contribution in [0.1, 0.15) is 38.2 Å². The number of ether oxygens (including phenoxy) is 4. The van der Waals surface area contributed by atoms with Crippen molar-refractivity contribution >= 4 is 29.7 Å². The van der Waals surface area contributed by atoms with Crippen molar-refractivity contribution in [2.45, 2.75) is 46.0 Å². The van der Waals surface area contributed by atoms with Gasteiger partial charge >= 0.3 is 23.9 Å². The van der Waals surface area contributed by atoms with Gasteiger partial charge in [0.2, 0.25) is 11.9 Å². The first-order valence-corrected chi connectivity index (χ1v) is 7.84. The molecule has 0 amide bonds. The minimum Gasteiger partial charge on any atom is -0.462 e. The van der Waals surface area contributed by atoms with Gasteiger partial charge in [-0.2, -0.15) is 0 Å². The van der Waals surface area contributed by atoms with E-state index in [1.54, 1.807) is 0 Å². The Kier molecular flexibility index (Phi) is 8.18. The van der Waals surface area contributed by atoms with E-state index in [4.69, 9.17) is 23.4 Å². The zero-order valence-electron chi connectivity index (χ0n) is 15.3. The molecule has 1 aromatic rings. The van der Waals surface area contributed by atoms with Crippen molar-refractivity contribution in [3.8, 4) is 0 Å². The highest BCUT2D eigenvalue weighted by atomic mass is 16.6. The highest BCUT2D eigenvalue weighted by Crippen LogP contribution is 2.19. The highest BCUT2D eigenvalue weighted by Gasteiger charge is 2.43. The lowest BCUT2D eigenvalue weighted by molar-refractivity contribution is -0.185. The van der Waals surface area contributed by atoms with E-state index in [-0.39, 0.29) is 5.76 Å². The maximum absolute atomic E-state index is 12.7. The Morgan fingerprint density at radius 2 is 1.48 bits per heavy atom. The fourth-order valence-corrected chi connectivity index (χ4v) is 2.14. The fourth-order valence-electron chi connectivity index (χ4n) is 2.14. The SMILES string of the molecule is CC(=O)OC[C@H](OC(C)=O)[C@H](OC(C)=O)[C@@H](OC(C)=O)C(=O)c1ccco1. The van der Waals surface area contributed by atoms with Crippen LogP contribution < -0.4 is 0 Å². The van der Waals surface area contributed by atoms with E-state index in [0.29, 0.717) is 0 Å². The minimum atomic E-state index is -1.70. The Bertz CT molecular complexity index is 691. The molecule has 0 aromatic carbocycles. The third-order valence-electron chi connectivity index (χ3n) is 3.05. The predicted octanol–water partition coefficient (Wildman–Crippen LogP) is 0.820. The standard InChI is InChI=1S/C17H20O10/c1-9(18)24-8-14(25-10(2)19)16(26-11(3)20)17(27-12(4)21)15(22)13-6-5-7-23-13/h5-7,14,16-17H,8H2,1-4H3/t14-,16-,17-/m0/s1. The van der Waals surface area contributed by atoms with E-state index in [1.165, 1.54) is 18.4 Å². The van der Waals surface area contributed by atoms with Crippen LogP contribution in [-0.4, -0.2) is 54.6 Å². The Labute approximate surface area is 154 Å². The van der Waals surface area contributed by atoms with Crippen molar-refractivity contribution in [3.63, 3.8) is 0 Å². The lowest BCUT2D eigenvalue weighted by atomic mass is 10.0. The summed E-state index contributed by atoms with van der Waals surface area (Å²) >= 11 is 0. The molecular formula is C17H20O10. The van der Waals surface area contributed by atoms with Gasteiger partial charge in [0.1, 0.15) is 6.61 Å². The van der Waals surface area contributed by atoms with Crippen molar-refractivity contribution in [1.29, 1.82) is 0 Å². The molecule has 0 aliphatic rings. The fraction of sp³-hybridized carbons (Fsp3) is 0.471. The Morgan fingerprint density at radius 1 is 0.889 bits per heavy atom. The van der Waals surface area contributed by atoms with Gasteiger partial charge < -0.3 is 23.4 Å². The molecule has 0 aliphatic heterocycles. The van der Waals surface area contributed by atoms with Crippen LogP contribution >= 0.6 is 0 Å². The van der Waals surface area contributed by atoms with Crippen LogP contribution in [0.15, 0.2) is 22.8 Å². The lowest BCUT2D eigenvalue weighted by Gasteiger charge is -2.30. The molecule has 1 aromatic heterocycles. The molecule has 0 saturated heterocycles. The molecule has 0 unspecified atom stereocenters. The van der Waals surface area contributed by atoms with Gasteiger partial charge in [-0.25, -0.2) is 0 Å². The summed E-state index contributed by atoms with van der Waals surface area (Å²) in [6.45, 7) is 3.74. The van der Waals surface area contributed by atoms with Crippen LogP contribution in [0.2, 0.25) is 0 Å². The van der Waals surface area contributed by atoms with Crippen LogP contribution in [0.5, 0.6) is 0 Å². The van der Waals surface area contributed by atoms with Gasteiger partial charge in [0.25, 0.3) is 0 Å². The number of rotatable bonds is 9. The third-order valence-corrected chi connectivity index (χ3v) is 3.05. The third kappa shape index (κ3) is 7.30. The molecule has 148 valence electrons. The van der Waals surface area contributed by atoms with E-state index >= 15 is 0 Å². The molecule has 0 saturated carbocycles. The summed E-state index contributed by atoms with van der Waals surface area (Å²) in [4.78, 5) is 58.2. The number of carbonyl (C=O) groups is 5. The van der Waals surface area contributed by atoms with Gasteiger partial charge in [-0.1, -0.05) is 0 Å². The summed E-state index contributed by atoms with van der Waals surface area (Å²) in [6, 6.07) is 2.75. The molecule has 0 bridgehead atoms. The number of hydrogen-bond acceptors (Lipinski definition) is 10. The Balaban J connectivity index is 3.29. The van der Waals surface area contributed by atoms with Crippen LogP contribution in [0.25, 0.3) is 0 Å². The summed E-state index contributed by atoms with van der Waals surface area (Å²) < 4.78 is 24.9. The van der Waals surface area contributed by atoms with Crippen LogP contribution in [0, 0.1) is 0 Å². The van der Waals surface area contributed by atoms with Gasteiger partial charge in [0, 0.05) is 27.7 Å². The van der Waals surface area contributed by atoms with Gasteiger partial charge in [0.05, 0.1) is 6.26 Å². The van der Waals surface area contributed by atoms with Crippen molar-refractivity contribution in [2.24, 2.45) is 0 Å². The number of ketones is 1. The molecular weight excluding hydrogens is 364 g/mol.